The fraction of sp³-hybridized carbons (Fsp3) is 0.174. The first-order valence-electron chi connectivity index (χ1n) is 9.29. The van der Waals surface area contributed by atoms with Gasteiger partial charge in [0.2, 0.25) is 0 Å². The van der Waals surface area contributed by atoms with Crippen molar-refractivity contribution in [1.29, 1.82) is 0 Å². The zero-order valence-corrected chi connectivity index (χ0v) is 17.5. The number of aryl methyl sites for hydroxylation is 1. The van der Waals surface area contributed by atoms with Crippen molar-refractivity contribution in [2.24, 2.45) is 0 Å². The Balaban J connectivity index is 1.86. The summed E-state index contributed by atoms with van der Waals surface area (Å²) in [7, 11) is -3.61. The van der Waals surface area contributed by atoms with Gasteiger partial charge in [-0.25, -0.2) is 4.39 Å². The van der Waals surface area contributed by atoms with Crippen LogP contribution in [0.15, 0.2) is 72.8 Å². The van der Waals surface area contributed by atoms with Gasteiger partial charge in [0.1, 0.15) is 11.6 Å². The van der Waals surface area contributed by atoms with E-state index in [0.29, 0.717) is 18.7 Å². The lowest BCUT2D eigenvalue weighted by Crippen LogP contribution is -2.30. The molecule has 0 heterocycles. The largest absolute Gasteiger partial charge is 0.383 e. The minimum atomic E-state index is -3.61. The third-order valence-corrected chi connectivity index (χ3v) is 4.99. The molecule has 0 bridgehead atoms. The van der Waals surface area contributed by atoms with Gasteiger partial charge in [0.05, 0.1) is 6.26 Å². The summed E-state index contributed by atoms with van der Waals surface area (Å²) in [6, 6.07) is 19.9. The molecule has 0 saturated carbocycles. The number of hydrogen-bond donors (Lipinski definition) is 0. The van der Waals surface area contributed by atoms with Crippen LogP contribution in [0.1, 0.15) is 27.0 Å². The number of nitrogens with zero attached hydrogens (tertiary/aromatic N) is 1. The smallest absolute Gasteiger partial charge is 0.306 e. The quantitative estimate of drug-likeness (QED) is 0.527. The first kappa shape index (κ1) is 21.5. The molecule has 156 valence electrons. The van der Waals surface area contributed by atoms with Gasteiger partial charge in [-0.15, -0.1) is 0 Å². The van der Waals surface area contributed by atoms with Crippen LogP contribution in [0.4, 0.5) is 4.39 Å². The second-order valence-electron chi connectivity index (χ2n) is 7.03. The normalized spacial score (nSPS) is 11.2. The van der Waals surface area contributed by atoms with E-state index in [1.54, 1.807) is 47.4 Å². The molecule has 0 aliphatic rings. The molecular formula is C23H22FNO4S. The molecule has 0 radical (unpaired) electrons. The molecule has 0 fully saturated rings. The maximum Gasteiger partial charge on any atom is 0.306 e. The molecule has 0 saturated heterocycles. The molecular weight excluding hydrogens is 405 g/mol. The molecule has 0 aromatic heterocycles. The minimum Gasteiger partial charge on any atom is -0.383 e. The molecule has 7 heteroatoms. The van der Waals surface area contributed by atoms with Crippen molar-refractivity contribution in [3.63, 3.8) is 0 Å². The van der Waals surface area contributed by atoms with E-state index < -0.39 is 10.1 Å². The van der Waals surface area contributed by atoms with Crippen molar-refractivity contribution in [3.8, 4) is 5.75 Å². The zero-order chi connectivity index (χ0) is 21.7. The second kappa shape index (κ2) is 9.09. The van der Waals surface area contributed by atoms with Crippen LogP contribution in [-0.4, -0.2) is 25.5 Å². The van der Waals surface area contributed by atoms with Gasteiger partial charge in [0.15, 0.2) is 0 Å². The molecule has 0 spiro atoms. The van der Waals surface area contributed by atoms with Gasteiger partial charge < -0.3 is 9.08 Å². The monoisotopic (exact) mass is 427 g/mol. The molecule has 3 aromatic rings. The summed E-state index contributed by atoms with van der Waals surface area (Å²) in [6.45, 7) is 2.47. The zero-order valence-electron chi connectivity index (χ0n) is 16.7. The third-order valence-electron chi connectivity index (χ3n) is 4.49. The van der Waals surface area contributed by atoms with Crippen LogP contribution in [0.5, 0.6) is 5.75 Å². The molecule has 5 nitrogen and oxygen atoms in total. The summed E-state index contributed by atoms with van der Waals surface area (Å²) in [5.74, 6) is -0.276. The lowest BCUT2D eigenvalue weighted by molar-refractivity contribution is 0.0729. The number of benzene rings is 3. The van der Waals surface area contributed by atoms with E-state index in [9.17, 15) is 17.6 Å². The van der Waals surface area contributed by atoms with E-state index in [1.165, 1.54) is 12.1 Å². The van der Waals surface area contributed by atoms with Crippen LogP contribution in [0.2, 0.25) is 0 Å². The van der Waals surface area contributed by atoms with Gasteiger partial charge in [-0.05, 0) is 53.9 Å². The Bertz CT molecular complexity index is 1130. The Kier molecular flexibility index (Phi) is 6.52. The number of carbonyl (C=O) groups excluding carboxylic acids is 1. The summed E-state index contributed by atoms with van der Waals surface area (Å²) in [5.41, 5.74) is 3.07. The topological polar surface area (TPSA) is 63.7 Å². The minimum absolute atomic E-state index is 0.145. The lowest BCUT2D eigenvalue weighted by Gasteiger charge is -2.24. The van der Waals surface area contributed by atoms with E-state index in [-0.39, 0.29) is 17.5 Å². The lowest BCUT2D eigenvalue weighted by atomic mass is 10.1. The van der Waals surface area contributed by atoms with E-state index in [1.807, 2.05) is 25.1 Å². The molecule has 0 aliphatic heterocycles. The number of hydrogen-bond acceptors (Lipinski definition) is 4. The average molecular weight is 427 g/mol. The van der Waals surface area contributed by atoms with Gasteiger partial charge in [0.25, 0.3) is 5.91 Å². The van der Waals surface area contributed by atoms with Gasteiger partial charge >= 0.3 is 10.1 Å². The maximum atomic E-state index is 13.3. The number of amides is 1. The summed E-state index contributed by atoms with van der Waals surface area (Å²) in [6.07, 6.45) is 0.978. The molecule has 3 rings (SSSR count). The Morgan fingerprint density at radius 2 is 1.43 bits per heavy atom. The highest BCUT2D eigenvalue weighted by atomic mass is 32.2. The molecule has 30 heavy (non-hydrogen) atoms. The van der Waals surface area contributed by atoms with E-state index in [4.69, 9.17) is 4.18 Å². The van der Waals surface area contributed by atoms with Crippen molar-refractivity contribution in [2.75, 3.05) is 6.26 Å². The summed E-state index contributed by atoms with van der Waals surface area (Å²) in [5, 5.41) is 0. The summed E-state index contributed by atoms with van der Waals surface area (Å²) in [4.78, 5) is 14.9. The van der Waals surface area contributed by atoms with Crippen LogP contribution < -0.4 is 4.18 Å². The van der Waals surface area contributed by atoms with Crippen molar-refractivity contribution >= 4 is 16.0 Å². The van der Waals surface area contributed by atoms with Crippen molar-refractivity contribution in [2.45, 2.75) is 20.0 Å². The highest BCUT2D eigenvalue weighted by Crippen LogP contribution is 2.19. The predicted molar refractivity (Wildman–Crippen MR) is 113 cm³/mol. The van der Waals surface area contributed by atoms with Crippen molar-refractivity contribution in [1.82, 2.24) is 4.90 Å². The molecule has 0 atom stereocenters. The predicted octanol–water partition coefficient (Wildman–Crippen LogP) is 4.32. The molecule has 1 amide bonds. The summed E-state index contributed by atoms with van der Waals surface area (Å²) >= 11 is 0. The number of halogens is 1. The average Bonchev–Trinajstić information content (AvgIpc) is 2.69. The van der Waals surface area contributed by atoms with Gasteiger partial charge in [-0.3, -0.25) is 4.79 Å². The van der Waals surface area contributed by atoms with Gasteiger partial charge in [0, 0.05) is 18.7 Å². The molecule has 0 N–H and O–H groups in total. The van der Waals surface area contributed by atoms with Crippen LogP contribution in [0.25, 0.3) is 0 Å². The molecule has 3 aromatic carbocycles. The van der Waals surface area contributed by atoms with Crippen LogP contribution in [0.3, 0.4) is 0 Å². The summed E-state index contributed by atoms with van der Waals surface area (Å²) < 4.78 is 40.7. The van der Waals surface area contributed by atoms with Gasteiger partial charge in [-0.1, -0.05) is 42.5 Å². The van der Waals surface area contributed by atoms with Crippen LogP contribution in [-0.2, 0) is 23.2 Å². The fourth-order valence-electron chi connectivity index (χ4n) is 3.04. The Labute approximate surface area is 175 Å². The first-order valence-corrected chi connectivity index (χ1v) is 11.1. The van der Waals surface area contributed by atoms with E-state index in [0.717, 1.165) is 22.9 Å². The second-order valence-corrected chi connectivity index (χ2v) is 8.61. The molecule has 0 unspecified atom stereocenters. The standard InChI is InChI=1S/C23H22FNO4S/c1-17-5-3-4-6-22(17)23(26)25(15-18-7-11-20(24)12-8-18)16-19-9-13-21(14-10-19)29-30(2,27)28/h3-14H,15-16H2,1-2H3. The number of carbonyl (C=O) groups is 1. The maximum absolute atomic E-state index is 13.3. The fourth-order valence-corrected chi connectivity index (χ4v) is 3.50. The van der Waals surface area contributed by atoms with Crippen LogP contribution in [0, 0.1) is 12.7 Å². The first-order chi connectivity index (χ1) is 14.2. The third kappa shape index (κ3) is 5.90. The Morgan fingerprint density at radius 1 is 0.900 bits per heavy atom. The van der Waals surface area contributed by atoms with Gasteiger partial charge in [-0.2, -0.15) is 8.42 Å². The SMILES string of the molecule is Cc1ccccc1C(=O)N(Cc1ccc(F)cc1)Cc1ccc(OS(C)(=O)=O)cc1. The van der Waals surface area contributed by atoms with Crippen molar-refractivity contribution in [3.05, 3.63) is 101 Å². The highest BCUT2D eigenvalue weighted by Gasteiger charge is 2.18. The van der Waals surface area contributed by atoms with E-state index >= 15 is 0 Å². The highest BCUT2D eigenvalue weighted by molar-refractivity contribution is 7.86. The molecule has 0 aliphatic carbocycles. The van der Waals surface area contributed by atoms with Crippen molar-refractivity contribution < 1.29 is 21.8 Å². The Morgan fingerprint density at radius 3 is 1.97 bits per heavy atom. The van der Waals surface area contributed by atoms with E-state index in [2.05, 4.69) is 0 Å². The Hall–Kier alpha value is -3.19. The van der Waals surface area contributed by atoms with Crippen LogP contribution >= 0.6 is 0 Å². The number of rotatable bonds is 7.